The summed E-state index contributed by atoms with van der Waals surface area (Å²) in [6.07, 6.45) is 4.07. The van der Waals surface area contributed by atoms with Crippen molar-refractivity contribution in [1.82, 2.24) is 15.5 Å². The van der Waals surface area contributed by atoms with Crippen LogP contribution < -0.4 is 10.6 Å². The van der Waals surface area contributed by atoms with Gasteiger partial charge in [0, 0.05) is 13.1 Å². The lowest BCUT2D eigenvalue weighted by atomic mass is 10.2. The van der Waals surface area contributed by atoms with Gasteiger partial charge in [0.05, 0.1) is 6.04 Å². The highest BCUT2D eigenvalue weighted by atomic mass is 16.2. The lowest BCUT2D eigenvalue weighted by molar-refractivity contribution is -0.135. The zero-order valence-corrected chi connectivity index (χ0v) is 10.4. The van der Waals surface area contributed by atoms with Crippen LogP contribution >= 0.6 is 0 Å². The average molecular weight is 239 g/mol. The first-order chi connectivity index (χ1) is 8.18. The topological polar surface area (TPSA) is 61.4 Å². The van der Waals surface area contributed by atoms with Crippen LogP contribution in [0, 0.1) is 0 Å². The number of likely N-dealkylation sites (tertiary alicyclic amines) is 1. The van der Waals surface area contributed by atoms with E-state index in [4.69, 9.17) is 0 Å². The maximum Gasteiger partial charge on any atom is 0.244 e. The van der Waals surface area contributed by atoms with Gasteiger partial charge in [0.25, 0.3) is 0 Å². The van der Waals surface area contributed by atoms with Gasteiger partial charge in [-0.25, -0.2) is 0 Å². The second kappa shape index (κ2) is 5.49. The first-order valence-corrected chi connectivity index (χ1v) is 6.51. The van der Waals surface area contributed by atoms with Crippen LogP contribution in [0.15, 0.2) is 0 Å². The van der Waals surface area contributed by atoms with E-state index in [-0.39, 0.29) is 17.9 Å². The van der Waals surface area contributed by atoms with Crippen LogP contribution in [-0.2, 0) is 9.59 Å². The molecule has 0 aromatic heterocycles. The van der Waals surface area contributed by atoms with Crippen LogP contribution in [0.5, 0.6) is 0 Å². The molecular weight excluding hydrogens is 218 g/mol. The molecule has 2 saturated heterocycles. The summed E-state index contributed by atoms with van der Waals surface area (Å²) in [4.78, 5) is 25.7. The Morgan fingerprint density at radius 2 is 2.00 bits per heavy atom. The van der Waals surface area contributed by atoms with Crippen molar-refractivity contribution in [1.29, 1.82) is 0 Å². The Morgan fingerprint density at radius 1 is 1.29 bits per heavy atom. The van der Waals surface area contributed by atoms with Crippen molar-refractivity contribution in [2.75, 3.05) is 19.6 Å². The van der Waals surface area contributed by atoms with Crippen LogP contribution in [0.4, 0.5) is 0 Å². The van der Waals surface area contributed by atoms with Gasteiger partial charge in [0.2, 0.25) is 11.8 Å². The van der Waals surface area contributed by atoms with Gasteiger partial charge >= 0.3 is 0 Å². The van der Waals surface area contributed by atoms with Gasteiger partial charge < -0.3 is 15.5 Å². The maximum absolute atomic E-state index is 12.0. The fourth-order valence-corrected chi connectivity index (χ4v) is 2.50. The molecule has 96 valence electrons. The van der Waals surface area contributed by atoms with E-state index in [1.807, 2.05) is 4.90 Å². The summed E-state index contributed by atoms with van der Waals surface area (Å²) in [5.41, 5.74) is 0. The molecule has 2 aliphatic rings. The second-order valence-electron chi connectivity index (χ2n) is 4.91. The van der Waals surface area contributed by atoms with Gasteiger partial charge in [0.15, 0.2) is 0 Å². The highest BCUT2D eigenvalue weighted by Crippen LogP contribution is 2.10. The Morgan fingerprint density at radius 3 is 2.59 bits per heavy atom. The molecule has 2 aliphatic heterocycles. The number of carbonyl (C=O) groups excluding carboxylic acids is 2. The molecule has 2 unspecified atom stereocenters. The third-order valence-electron chi connectivity index (χ3n) is 3.52. The molecule has 0 aromatic carbocycles. The Bertz CT molecular complexity index is 294. The molecule has 2 heterocycles. The van der Waals surface area contributed by atoms with Crippen LogP contribution in [0.25, 0.3) is 0 Å². The molecule has 2 fully saturated rings. The quantitative estimate of drug-likeness (QED) is 0.721. The van der Waals surface area contributed by atoms with E-state index >= 15 is 0 Å². The zero-order chi connectivity index (χ0) is 12.3. The normalized spacial score (nSPS) is 25.9. The number of carbonyl (C=O) groups is 2. The molecule has 5 nitrogen and oxygen atoms in total. The molecular formula is C12H21N3O2. The first kappa shape index (κ1) is 12.4. The maximum atomic E-state index is 12.0. The molecule has 2 N–H and O–H groups in total. The van der Waals surface area contributed by atoms with Crippen molar-refractivity contribution < 1.29 is 9.59 Å². The highest BCUT2D eigenvalue weighted by molar-refractivity contribution is 5.89. The Labute approximate surface area is 102 Å². The molecule has 17 heavy (non-hydrogen) atoms. The summed E-state index contributed by atoms with van der Waals surface area (Å²) in [6.45, 7) is 4.33. The lowest BCUT2D eigenvalue weighted by Crippen LogP contribution is -2.50. The Kier molecular flexibility index (Phi) is 3.99. The SMILES string of the molecule is CC(NC(=O)C1CCCN1)C(=O)N1CCCC1. The van der Waals surface area contributed by atoms with Crippen molar-refractivity contribution in [3.63, 3.8) is 0 Å². The van der Waals surface area contributed by atoms with Crippen LogP contribution in [0.2, 0.25) is 0 Å². The van der Waals surface area contributed by atoms with Gasteiger partial charge in [-0.15, -0.1) is 0 Å². The van der Waals surface area contributed by atoms with E-state index in [0.717, 1.165) is 45.3 Å². The summed E-state index contributed by atoms with van der Waals surface area (Å²) in [6, 6.07) is -0.508. The van der Waals surface area contributed by atoms with Crippen molar-refractivity contribution in [2.45, 2.75) is 44.7 Å². The zero-order valence-electron chi connectivity index (χ0n) is 10.4. The summed E-state index contributed by atoms with van der Waals surface area (Å²) >= 11 is 0. The minimum absolute atomic E-state index is 0.0393. The van der Waals surface area contributed by atoms with E-state index in [1.54, 1.807) is 6.92 Å². The fraction of sp³-hybridized carbons (Fsp3) is 0.833. The Balaban J connectivity index is 1.80. The van der Waals surface area contributed by atoms with E-state index in [9.17, 15) is 9.59 Å². The molecule has 2 rings (SSSR count). The fourth-order valence-electron chi connectivity index (χ4n) is 2.50. The molecule has 0 aromatic rings. The number of hydrogen-bond acceptors (Lipinski definition) is 3. The molecule has 0 aliphatic carbocycles. The van der Waals surface area contributed by atoms with E-state index < -0.39 is 6.04 Å². The average Bonchev–Trinajstić information content (AvgIpc) is 3.00. The minimum atomic E-state index is -0.400. The highest BCUT2D eigenvalue weighted by Gasteiger charge is 2.28. The second-order valence-corrected chi connectivity index (χ2v) is 4.91. The monoisotopic (exact) mass is 239 g/mol. The standard InChI is InChI=1S/C12H21N3O2/c1-9(12(17)15-7-2-3-8-15)14-11(16)10-5-4-6-13-10/h9-10,13H,2-8H2,1H3,(H,14,16). The van der Waals surface area contributed by atoms with Crippen LogP contribution in [0.3, 0.4) is 0 Å². The molecule has 0 spiro atoms. The first-order valence-electron chi connectivity index (χ1n) is 6.51. The van der Waals surface area contributed by atoms with E-state index in [1.165, 1.54) is 0 Å². The van der Waals surface area contributed by atoms with Crippen molar-refractivity contribution in [3.8, 4) is 0 Å². The minimum Gasteiger partial charge on any atom is -0.343 e. The molecule has 0 saturated carbocycles. The van der Waals surface area contributed by atoms with Crippen molar-refractivity contribution >= 4 is 11.8 Å². The van der Waals surface area contributed by atoms with Gasteiger partial charge in [-0.3, -0.25) is 9.59 Å². The number of amides is 2. The largest absolute Gasteiger partial charge is 0.343 e. The predicted molar refractivity (Wildman–Crippen MR) is 64.4 cm³/mol. The van der Waals surface area contributed by atoms with Crippen molar-refractivity contribution in [3.05, 3.63) is 0 Å². The summed E-state index contributed by atoms with van der Waals surface area (Å²) < 4.78 is 0. The summed E-state index contributed by atoms with van der Waals surface area (Å²) in [5, 5.41) is 5.94. The number of nitrogens with one attached hydrogen (secondary N) is 2. The lowest BCUT2D eigenvalue weighted by Gasteiger charge is -2.22. The smallest absolute Gasteiger partial charge is 0.244 e. The van der Waals surface area contributed by atoms with Crippen LogP contribution in [0.1, 0.15) is 32.6 Å². The van der Waals surface area contributed by atoms with E-state index in [0.29, 0.717) is 0 Å². The molecule has 0 bridgehead atoms. The van der Waals surface area contributed by atoms with Gasteiger partial charge in [-0.2, -0.15) is 0 Å². The van der Waals surface area contributed by atoms with Gasteiger partial charge in [0.1, 0.15) is 6.04 Å². The summed E-state index contributed by atoms with van der Waals surface area (Å²) in [5.74, 6) is 0.0105. The molecule has 0 radical (unpaired) electrons. The molecule has 2 atom stereocenters. The molecule has 2 amide bonds. The summed E-state index contributed by atoms with van der Waals surface area (Å²) in [7, 11) is 0. The Hall–Kier alpha value is -1.10. The van der Waals surface area contributed by atoms with Crippen molar-refractivity contribution in [2.24, 2.45) is 0 Å². The van der Waals surface area contributed by atoms with Crippen LogP contribution in [-0.4, -0.2) is 48.4 Å². The number of nitrogens with zero attached hydrogens (tertiary/aromatic N) is 1. The third kappa shape index (κ3) is 2.97. The third-order valence-corrected chi connectivity index (χ3v) is 3.52. The number of rotatable bonds is 3. The van der Waals surface area contributed by atoms with Gasteiger partial charge in [-0.1, -0.05) is 0 Å². The predicted octanol–water partition coefficient (Wildman–Crippen LogP) is -0.134. The molecule has 5 heteroatoms. The van der Waals surface area contributed by atoms with Gasteiger partial charge in [-0.05, 0) is 39.2 Å². The number of hydrogen-bond donors (Lipinski definition) is 2. The van der Waals surface area contributed by atoms with E-state index in [2.05, 4.69) is 10.6 Å².